The van der Waals surface area contributed by atoms with Crippen LogP contribution in [0, 0.1) is 5.92 Å². The largest absolute Gasteiger partial charge is 0.300 e. The van der Waals surface area contributed by atoms with Crippen molar-refractivity contribution < 1.29 is 9.59 Å². The normalized spacial score (nSPS) is 16.8. The zero-order valence-corrected chi connectivity index (χ0v) is 7.93. The molecule has 1 aromatic heterocycles. The van der Waals surface area contributed by atoms with Gasteiger partial charge in [0, 0.05) is 26.3 Å². The van der Waals surface area contributed by atoms with Gasteiger partial charge in [0.15, 0.2) is 5.78 Å². The lowest BCUT2D eigenvalue weighted by atomic mass is 9.84. The van der Waals surface area contributed by atoms with E-state index in [-0.39, 0.29) is 5.78 Å². The summed E-state index contributed by atoms with van der Waals surface area (Å²) in [6, 6.07) is 0. The summed E-state index contributed by atoms with van der Waals surface area (Å²) in [7, 11) is 0. The Bertz CT molecular complexity index is 375. The Balaban J connectivity index is 1.96. The standard InChI is InChI=1S/C9H11N3O2/c1-6(13)9-5-12(11-10-9)4-7-2-8(14)3-7/h5,7H,2-4H2,1H3. The average molecular weight is 193 g/mol. The minimum Gasteiger partial charge on any atom is -0.300 e. The van der Waals surface area contributed by atoms with E-state index in [1.54, 1.807) is 10.9 Å². The molecule has 0 aromatic carbocycles. The molecule has 0 amide bonds. The van der Waals surface area contributed by atoms with Gasteiger partial charge >= 0.3 is 0 Å². The van der Waals surface area contributed by atoms with Crippen molar-refractivity contribution in [1.29, 1.82) is 0 Å². The fourth-order valence-corrected chi connectivity index (χ4v) is 1.53. The van der Waals surface area contributed by atoms with Crippen molar-refractivity contribution >= 4 is 11.6 Å². The van der Waals surface area contributed by atoms with Crippen LogP contribution in [0.15, 0.2) is 6.20 Å². The number of carbonyl (C=O) groups is 2. The van der Waals surface area contributed by atoms with Crippen molar-refractivity contribution in [2.45, 2.75) is 26.3 Å². The zero-order chi connectivity index (χ0) is 10.1. The zero-order valence-electron chi connectivity index (χ0n) is 7.93. The van der Waals surface area contributed by atoms with Crippen LogP contribution in [0.5, 0.6) is 0 Å². The summed E-state index contributed by atoms with van der Waals surface area (Å²) >= 11 is 0. The maximum absolute atomic E-state index is 10.9. The van der Waals surface area contributed by atoms with E-state index >= 15 is 0 Å². The Morgan fingerprint density at radius 2 is 2.36 bits per heavy atom. The first-order valence-corrected chi connectivity index (χ1v) is 4.58. The quantitative estimate of drug-likeness (QED) is 0.654. The summed E-state index contributed by atoms with van der Waals surface area (Å²) in [6.07, 6.45) is 2.90. The Morgan fingerprint density at radius 3 is 2.86 bits per heavy atom. The predicted molar refractivity (Wildman–Crippen MR) is 47.8 cm³/mol. The molecule has 0 spiro atoms. The number of aromatic nitrogens is 3. The van der Waals surface area contributed by atoms with Gasteiger partial charge in [0.05, 0.1) is 6.20 Å². The molecule has 0 bridgehead atoms. The van der Waals surface area contributed by atoms with Gasteiger partial charge in [-0.15, -0.1) is 5.10 Å². The summed E-state index contributed by atoms with van der Waals surface area (Å²) < 4.78 is 1.63. The third-order valence-corrected chi connectivity index (χ3v) is 2.38. The van der Waals surface area contributed by atoms with E-state index in [4.69, 9.17) is 0 Å². The van der Waals surface area contributed by atoms with Crippen LogP contribution >= 0.6 is 0 Å². The molecule has 14 heavy (non-hydrogen) atoms. The third-order valence-electron chi connectivity index (χ3n) is 2.38. The molecule has 0 atom stereocenters. The smallest absolute Gasteiger partial charge is 0.181 e. The van der Waals surface area contributed by atoms with Gasteiger partial charge in [0.25, 0.3) is 0 Å². The maximum Gasteiger partial charge on any atom is 0.181 e. The summed E-state index contributed by atoms with van der Waals surface area (Å²) in [4.78, 5) is 21.6. The molecule has 0 saturated heterocycles. The average Bonchev–Trinajstić information content (AvgIpc) is 2.50. The summed E-state index contributed by atoms with van der Waals surface area (Å²) in [5, 5.41) is 7.54. The van der Waals surface area contributed by atoms with E-state index in [2.05, 4.69) is 10.3 Å². The monoisotopic (exact) mass is 193 g/mol. The van der Waals surface area contributed by atoms with E-state index in [9.17, 15) is 9.59 Å². The van der Waals surface area contributed by atoms with Gasteiger partial charge in [-0.2, -0.15) is 0 Å². The number of Topliss-reactive ketones (excluding diaryl/α,β-unsaturated/α-hetero) is 2. The number of ketones is 2. The van der Waals surface area contributed by atoms with Crippen LogP contribution in [-0.2, 0) is 11.3 Å². The molecule has 1 fully saturated rings. The Hall–Kier alpha value is -1.52. The number of hydrogen-bond donors (Lipinski definition) is 0. The lowest BCUT2D eigenvalue weighted by molar-refractivity contribution is -0.127. The van der Waals surface area contributed by atoms with Gasteiger partial charge < -0.3 is 0 Å². The predicted octanol–water partition coefficient (Wildman–Crippen LogP) is 0.460. The second-order valence-corrected chi connectivity index (χ2v) is 3.69. The van der Waals surface area contributed by atoms with Gasteiger partial charge in [-0.1, -0.05) is 5.21 Å². The van der Waals surface area contributed by atoms with Crippen LogP contribution in [0.3, 0.4) is 0 Å². The van der Waals surface area contributed by atoms with Gasteiger partial charge in [0.2, 0.25) is 0 Å². The minimum absolute atomic E-state index is 0.0825. The van der Waals surface area contributed by atoms with Crippen LogP contribution in [0.4, 0.5) is 0 Å². The van der Waals surface area contributed by atoms with Crippen LogP contribution in [0.1, 0.15) is 30.3 Å². The Labute approximate surface area is 81.1 Å². The SMILES string of the molecule is CC(=O)c1cn(CC2CC(=O)C2)nn1. The third kappa shape index (κ3) is 1.71. The second kappa shape index (κ2) is 3.32. The van der Waals surface area contributed by atoms with Crippen LogP contribution in [0.25, 0.3) is 0 Å². The molecule has 5 nitrogen and oxygen atoms in total. The lowest BCUT2D eigenvalue weighted by Gasteiger charge is -2.23. The molecule has 5 heteroatoms. The first kappa shape index (κ1) is 9.05. The molecular formula is C9H11N3O2. The van der Waals surface area contributed by atoms with E-state index in [1.807, 2.05) is 0 Å². The van der Waals surface area contributed by atoms with Gasteiger partial charge in [-0.25, -0.2) is 0 Å². The van der Waals surface area contributed by atoms with Gasteiger partial charge in [-0.3, -0.25) is 14.3 Å². The molecule has 74 valence electrons. The molecule has 1 saturated carbocycles. The molecule has 1 heterocycles. The van der Waals surface area contributed by atoms with Crippen molar-refractivity contribution in [2.24, 2.45) is 5.92 Å². The fraction of sp³-hybridized carbons (Fsp3) is 0.556. The topological polar surface area (TPSA) is 64.8 Å². The Kier molecular flexibility index (Phi) is 2.15. The van der Waals surface area contributed by atoms with Crippen molar-refractivity contribution in [3.63, 3.8) is 0 Å². The summed E-state index contributed by atoms with van der Waals surface area (Å²) in [5.74, 6) is 0.604. The molecule has 1 aromatic rings. The molecule has 0 unspecified atom stereocenters. The van der Waals surface area contributed by atoms with E-state index in [0.717, 1.165) is 0 Å². The number of nitrogens with zero attached hydrogens (tertiary/aromatic N) is 3. The highest BCUT2D eigenvalue weighted by Gasteiger charge is 2.27. The number of carbonyl (C=O) groups excluding carboxylic acids is 2. The summed E-state index contributed by atoms with van der Waals surface area (Å²) in [5.41, 5.74) is 0.385. The van der Waals surface area contributed by atoms with E-state index in [1.165, 1.54) is 6.92 Å². The van der Waals surface area contributed by atoms with Gasteiger partial charge in [-0.05, 0) is 5.92 Å². The van der Waals surface area contributed by atoms with Crippen molar-refractivity contribution in [3.05, 3.63) is 11.9 Å². The highest BCUT2D eigenvalue weighted by Crippen LogP contribution is 2.23. The van der Waals surface area contributed by atoms with Crippen molar-refractivity contribution in [3.8, 4) is 0 Å². The van der Waals surface area contributed by atoms with Crippen LogP contribution < -0.4 is 0 Å². The lowest BCUT2D eigenvalue weighted by Crippen LogP contribution is -2.27. The molecule has 1 aliphatic rings. The van der Waals surface area contributed by atoms with Crippen molar-refractivity contribution in [1.82, 2.24) is 15.0 Å². The second-order valence-electron chi connectivity index (χ2n) is 3.69. The van der Waals surface area contributed by atoms with Gasteiger partial charge in [0.1, 0.15) is 11.5 Å². The van der Waals surface area contributed by atoms with Crippen LogP contribution in [0.2, 0.25) is 0 Å². The summed E-state index contributed by atoms with van der Waals surface area (Å²) in [6.45, 7) is 2.15. The fourth-order valence-electron chi connectivity index (χ4n) is 1.53. The molecule has 0 aliphatic heterocycles. The molecular weight excluding hydrogens is 182 g/mol. The van der Waals surface area contributed by atoms with Crippen LogP contribution in [-0.4, -0.2) is 26.6 Å². The van der Waals surface area contributed by atoms with E-state index in [0.29, 0.717) is 36.8 Å². The first-order valence-electron chi connectivity index (χ1n) is 4.58. The van der Waals surface area contributed by atoms with Crippen molar-refractivity contribution in [2.75, 3.05) is 0 Å². The molecule has 2 rings (SSSR count). The molecule has 1 aliphatic carbocycles. The minimum atomic E-state index is -0.0825. The molecule has 0 N–H and O–H groups in total. The highest BCUT2D eigenvalue weighted by atomic mass is 16.1. The highest BCUT2D eigenvalue weighted by molar-refractivity contribution is 5.91. The maximum atomic E-state index is 10.9. The van der Waals surface area contributed by atoms with E-state index < -0.39 is 0 Å². The Morgan fingerprint density at radius 1 is 1.64 bits per heavy atom. The molecule has 0 radical (unpaired) electrons. The first-order chi connectivity index (χ1) is 6.65. The number of hydrogen-bond acceptors (Lipinski definition) is 4. The number of rotatable bonds is 3.